The molecule has 0 amide bonds. The average Bonchev–Trinajstić information content (AvgIpc) is 2.96. The summed E-state index contributed by atoms with van der Waals surface area (Å²) in [6, 6.07) is 8.13. The van der Waals surface area contributed by atoms with E-state index in [0.717, 1.165) is 44.1 Å². The molecule has 2 aromatic rings. The Labute approximate surface area is 250 Å². The number of hydrogen-bond donors (Lipinski definition) is 0. The topological polar surface area (TPSA) is 92.7 Å². The van der Waals surface area contributed by atoms with E-state index in [1.165, 1.54) is 82.6 Å². The predicted octanol–water partition coefficient (Wildman–Crippen LogP) is 7.81. The van der Waals surface area contributed by atoms with Gasteiger partial charge in [0.15, 0.2) is 0 Å². The molecule has 0 bridgehead atoms. The van der Waals surface area contributed by atoms with Gasteiger partial charge in [-0.15, -0.1) is 15.0 Å². The lowest BCUT2D eigenvalue weighted by Crippen LogP contribution is -2.31. The maximum atomic E-state index is 13.3. The normalized spacial score (nSPS) is 23.5. The average molecular weight is 578 g/mol. The number of hydrogen-bond acceptors (Lipinski definition) is 8. The first kappa shape index (κ1) is 29.3. The van der Waals surface area contributed by atoms with E-state index in [1.54, 1.807) is 0 Å². The highest BCUT2D eigenvalue weighted by Gasteiger charge is 2.34. The van der Waals surface area contributed by atoms with Crippen molar-refractivity contribution in [2.75, 3.05) is 19.8 Å². The van der Waals surface area contributed by atoms with Gasteiger partial charge in [0.1, 0.15) is 12.4 Å². The van der Waals surface area contributed by atoms with Crippen LogP contribution in [0, 0.1) is 23.7 Å². The van der Waals surface area contributed by atoms with Gasteiger partial charge in [-0.3, -0.25) is 4.79 Å². The number of ether oxygens (including phenoxy) is 4. The van der Waals surface area contributed by atoms with Crippen LogP contribution in [0.2, 0.25) is 0 Å². The van der Waals surface area contributed by atoms with Crippen LogP contribution in [0.3, 0.4) is 0 Å². The second-order valence-electron chi connectivity index (χ2n) is 13.0. The van der Waals surface area contributed by atoms with E-state index in [0.29, 0.717) is 30.8 Å². The molecule has 8 nitrogen and oxygen atoms in total. The van der Waals surface area contributed by atoms with Crippen LogP contribution in [0.5, 0.6) is 23.8 Å². The highest BCUT2D eigenvalue weighted by atomic mass is 16.6. The number of esters is 1. The Morgan fingerprint density at radius 2 is 1.40 bits per heavy atom. The van der Waals surface area contributed by atoms with Crippen LogP contribution in [0.15, 0.2) is 24.3 Å². The molecule has 1 aromatic heterocycles. The van der Waals surface area contributed by atoms with Crippen LogP contribution in [0.1, 0.15) is 114 Å². The van der Waals surface area contributed by atoms with Crippen molar-refractivity contribution in [2.45, 2.75) is 109 Å². The summed E-state index contributed by atoms with van der Waals surface area (Å²) in [6.07, 6.45) is 19.5. The van der Waals surface area contributed by atoms with Crippen LogP contribution in [0.25, 0.3) is 0 Å². The van der Waals surface area contributed by atoms with Crippen molar-refractivity contribution in [1.29, 1.82) is 0 Å². The van der Waals surface area contributed by atoms with Crippen molar-refractivity contribution in [1.82, 2.24) is 15.0 Å². The predicted molar refractivity (Wildman–Crippen MR) is 159 cm³/mol. The molecule has 2 unspecified atom stereocenters. The molecule has 2 atom stereocenters. The van der Waals surface area contributed by atoms with Crippen LogP contribution in [-0.2, 0) is 9.53 Å². The fourth-order valence-electron chi connectivity index (χ4n) is 7.11. The number of nitrogens with zero attached hydrogens (tertiary/aromatic N) is 3. The smallest absolute Gasteiger partial charge is 0.333 e. The summed E-state index contributed by atoms with van der Waals surface area (Å²) in [4.78, 5) is 26.3. The molecular formula is C34H47N3O5. The molecule has 0 radical (unpaired) electrons. The lowest BCUT2D eigenvalue weighted by Gasteiger charge is -2.35. The van der Waals surface area contributed by atoms with Gasteiger partial charge in [-0.05, 0) is 73.5 Å². The second-order valence-corrected chi connectivity index (χ2v) is 13.0. The lowest BCUT2D eigenvalue weighted by molar-refractivity contribution is -0.141. The molecule has 1 heterocycles. The summed E-state index contributed by atoms with van der Waals surface area (Å²) >= 11 is 0. The third-order valence-electron chi connectivity index (χ3n) is 10.2. The Morgan fingerprint density at radius 3 is 2.14 bits per heavy atom. The molecule has 42 heavy (non-hydrogen) atoms. The van der Waals surface area contributed by atoms with Crippen molar-refractivity contribution in [3.05, 3.63) is 29.8 Å². The Kier molecular flexibility index (Phi) is 10.2. The molecule has 228 valence electrons. The molecule has 0 spiro atoms. The lowest BCUT2D eigenvalue weighted by atomic mass is 9.70. The van der Waals surface area contributed by atoms with Gasteiger partial charge < -0.3 is 18.9 Å². The molecule has 4 saturated carbocycles. The highest BCUT2D eigenvalue weighted by molar-refractivity contribution is 5.74. The quantitative estimate of drug-likeness (QED) is 0.176. The third-order valence-corrected chi connectivity index (χ3v) is 10.2. The summed E-state index contributed by atoms with van der Waals surface area (Å²) in [5.74, 6) is 3.06. The van der Waals surface area contributed by atoms with Gasteiger partial charge in [-0.25, -0.2) is 0 Å². The fraction of sp³-hybridized carbons (Fsp3) is 0.706. The molecule has 0 aliphatic heterocycles. The van der Waals surface area contributed by atoms with Crippen molar-refractivity contribution >= 4 is 5.97 Å². The number of carbonyl (C=O) groups excluding carboxylic acids is 1. The van der Waals surface area contributed by atoms with Crippen LogP contribution in [0.4, 0.5) is 0 Å². The summed E-state index contributed by atoms with van der Waals surface area (Å²) in [7, 11) is 0. The van der Waals surface area contributed by atoms with Gasteiger partial charge >= 0.3 is 24.0 Å². The van der Waals surface area contributed by atoms with E-state index < -0.39 is 0 Å². The maximum absolute atomic E-state index is 13.3. The van der Waals surface area contributed by atoms with E-state index >= 15 is 0 Å². The van der Waals surface area contributed by atoms with Crippen LogP contribution >= 0.6 is 0 Å². The molecule has 0 N–H and O–H groups in total. The molecule has 4 fully saturated rings. The zero-order chi connectivity index (χ0) is 28.6. The van der Waals surface area contributed by atoms with Crippen molar-refractivity contribution in [2.24, 2.45) is 23.7 Å². The van der Waals surface area contributed by atoms with Crippen LogP contribution < -0.4 is 14.2 Å². The Balaban J connectivity index is 1.08. The summed E-state index contributed by atoms with van der Waals surface area (Å²) in [5.41, 5.74) is 1.33. The Bertz CT molecular complexity index is 1140. The first-order valence-corrected chi connectivity index (χ1v) is 16.7. The minimum absolute atomic E-state index is 0.0498. The first-order valence-electron chi connectivity index (χ1n) is 16.7. The first-order chi connectivity index (χ1) is 20.7. The zero-order valence-corrected chi connectivity index (χ0v) is 25.0. The van der Waals surface area contributed by atoms with E-state index in [2.05, 4.69) is 27.1 Å². The minimum atomic E-state index is -0.261. The van der Waals surface area contributed by atoms with E-state index in [-0.39, 0.29) is 29.9 Å². The Hall–Kier alpha value is -2.74. The van der Waals surface area contributed by atoms with Crippen LogP contribution in [-0.4, -0.2) is 40.7 Å². The van der Waals surface area contributed by atoms with Gasteiger partial charge in [0.05, 0.1) is 12.5 Å². The molecule has 6 rings (SSSR count). The van der Waals surface area contributed by atoms with E-state index in [4.69, 9.17) is 18.9 Å². The molecule has 4 aliphatic carbocycles. The number of aromatic nitrogens is 3. The van der Waals surface area contributed by atoms with Gasteiger partial charge in [0.25, 0.3) is 0 Å². The Morgan fingerprint density at radius 1 is 0.690 bits per heavy atom. The van der Waals surface area contributed by atoms with Gasteiger partial charge in [-0.1, -0.05) is 82.8 Å². The molecular weight excluding hydrogens is 530 g/mol. The zero-order valence-electron chi connectivity index (χ0n) is 25.0. The molecule has 4 aliphatic rings. The number of benzene rings is 1. The summed E-state index contributed by atoms with van der Waals surface area (Å²) < 4.78 is 23.3. The van der Waals surface area contributed by atoms with E-state index in [1.807, 2.05) is 12.1 Å². The van der Waals surface area contributed by atoms with Gasteiger partial charge in [-0.2, -0.15) is 0 Å². The van der Waals surface area contributed by atoms with Crippen molar-refractivity contribution in [3.8, 4) is 23.8 Å². The van der Waals surface area contributed by atoms with Gasteiger partial charge in [0.2, 0.25) is 0 Å². The number of carbonyl (C=O) groups is 1. The third kappa shape index (κ3) is 8.00. The fourth-order valence-corrected chi connectivity index (χ4v) is 7.11. The highest BCUT2D eigenvalue weighted by Crippen LogP contribution is 2.41. The van der Waals surface area contributed by atoms with Crippen molar-refractivity contribution < 1.29 is 23.7 Å². The maximum Gasteiger partial charge on any atom is 0.333 e. The summed E-state index contributed by atoms with van der Waals surface area (Å²) in [6.45, 7) is 1.48. The molecule has 8 heteroatoms. The largest absolute Gasteiger partial charge is 0.461 e. The number of rotatable bonds is 13. The van der Waals surface area contributed by atoms with Gasteiger partial charge in [0, 0.05) is 6.61 Å². The SMILES string of the molecule is O=C(Oc1nc(OCCOCCC2CCC2)nc(Oc2ccc(C3CCC3)cc2)n1)C1CCCC(C2CCCCC2)C1. The minimum Gasteiger partial charge on any atom is -0.461 e. The second kappa shape index (κ2) is 14.6. The molecule has 0 saturated heterocycles. The monoisotopic (exact) mass is 577 g/mol. The molecule has 1 aromatic carbocycles. The van der Waals surface area contributed by atoms with Crippen molar-refractivity contribution in [3.63, 3.8) is 0 Å². The summed E-state index contributed by atoms with van der Waals surface area (Å²) in [5, 5.41) is 0. The van der Waals surface area contributed by atoms with E-state index in [9.17, 15) is 4.79 Å². The standard InChI is InChI=1S/C34H47N3O5/c38-31(29-14-6-13-28(23-29)26-9-2-1-3-10-26)42-34-36-32(40-22-21-39-20-19-24-7-4-8-24)35-33(37-34)41-30-17-15-27(16-18-30)25-11-5-12-25/h15-18,24-26,28-29H,1-14,19-23H2.